The zero-order chi connectivity index (χ0) is 13.7. The molecule has 0 aromatic heterocycles. The van der Waals surface area contributed by atoms with Gasteiger partial charge in [0.05, 0.1) is 5.69 Å². The Balaban J connectivity index is 2.14. The zero-order valence-electron chi connectivity index (χ0n) is 10.5. The Kier molecular flexibility index (Phi) is 4.13. The third-order valence-corrected chi connectivity index (χ3v) is 2.49. The van der Waals surface area contributed by atoms with Crippen LogP contribution < -0.4 is 10.1 Å². The number of amides is 1. The summed E-state index contributed by atoms with van der Waals surface area (Å²) in [5.74, 6) is -0.313. The molecule has 19 heavy (non-hydrogen) atoms. The monoisotopic (exact) mass is 259 g/mol. The van der Waals surface area contributed by atoms with Gasteiger partial charge in [-0.25, -0.2) is 4.39 Å². The quantitative estimate of drug-likeness (QED) is 0.914. The first kappa shape index (κ1) is 13.1. The standard InChI is InChI=1S/C15H14FNO2/c1-11(18)17-14-8-7-13(16)9-15(14)19-10-12-5-3-2-4-6-12/h2-9H,10H2,1H3,(H,17,18). The van der Waals surface area contributed by atoms with Gasteiger partial charge in [0.2, 0.25) is 5.91 Å². The molecule has 0 aliphatic rings. The largest absolute Gasteiger partial charge is 0.487 e. The predicted octanol–water partition coefficient (Wildman–Crippen LogP) is 3.36. The maximum absolute atomic E-state index is 13.2. The van der Waals surface area contributed by atoms with Crippen LogP contribution in [-0.2, 0) is 11.4 Å². The van der Waals surface area contributed by atoms with E-state index < -0.39 is 5.82 Å². The summed E-state index contributed by atoms with van der Waals surface area (Å²) in [6, 6.07) is 13.6. The lowest BCUT2D eigenvalue weighted by molar-refractivity contribution is -0.114. The van der Waals surface area contributed by atoms with Gasteiger partial charge >= 0.3 is 0 Å². The van der Waals surface area contributed by atoms with E-state index in [-0.39, 0.29) is 5.91 Å². The highest BCUT2D eigenvalue weighted by molar-refractivity contribution is 5.90. The molecule has 98 valence electrons. The Bertz CT molecular complexity index is 570. The summed E-state index contributed by atoms with van der Waals surface area (Å²) >= 11 is 0. The van der Waals surface area contributed by atoms with Crippen LogP contribution in [0.2, 0.25) is 0 Å². The van der Waals surface area contributed by atoms with Gasteiger partial charge in [0.25, 0.3) is 0 Å². The Morgan fingerprint density at radius 3 is 2.63 bits per heavy atom. The van der Waals surface area contributed by atoms with Crippen molar-refractivity contribution in [3.8, 4) is 5.75 Å². The molecular formula is C15H14FNO2. The summed E-state index contributed by atoms with van der Waals surface area (Å²) in [6.45, 7) is 1.71. The molecule has 1 N–H and O–H groups in total. The van der Waals surface area contributed by atoms with Crippen LogP contribution in [0.5, 0.6) is 5.75 Å². The van der Waals surface area contributed by atoms with E-state index in [0.29, 0.717) is 18.0 Å². The van der Waals surface area contributed by atoms with Gasteiger partial charge in [-0.05, 0) is 17.7 Å². The molecule has 0 atom stereocenters. The topological polar surface area (TPSA) is 38.3 Å². The maximum Gasteiger partial charge on any atom is 0.221 e. The van der Waals surface area contributed by atoms with E-state index in [1.165, 1.54) is 25.1 Å². The molecule has 0 saturated carbocycles. The van der Waals surface area contributed by atoms with E-state index in [9.17, 15) is 9.18 Å². The van der Waals surface area contributed by atoms with Gasteiger partial charge in [-0.1, -0.05) is 30.3 Å². The van der Waals surface area contributed by atoms with Crippen molar-refractivity contribution in [1.82, 2.24) is 0 Å². The van der Waals surface area contributed by atoms with Gasteiger partial charge in [0, 0.05) is 13.0 Å². The first-order valence-electron chi connectivity index (χ1n) is 5.89. The molecule has 2 rings (SSSR count). The van der Waals surface area contributed by atoms with E-state index in [1.807, 2.05) is 30.3 Å². The number of hydrogen-bond acceptors (Lipinski definition) is 2. The first-order chi connectivity index (χ1) is 9.15. The van der Waals surface area contributed by atoms with Crippen LogP contribution in [0.1, 0.15) is 12.5 Å². The zero-order valence-corrected chi connectivity index (χ0v) is 10.5. The van der Waals surface area contributed by atoms with Crippen LogP contribution in [0.15, 0.2) is 48.5 Å². The fourth-order valence-electron chi connectivity index (χ4n) is 1.64. The molecule has 0 aliphatic carbocycles. The molecule has 0 fully saturated rings. The van der Waals surface area contributed by atoms with E-state index in [4.69, 9.17) is 4.74 Å². The Hall–Kier alpha value is -2.36. The SMILES string of the molecule is CC(=O)Nc1ccc(F)cc1OCc1ccccc1. The molecule has 1 amide bonds. The lowest BCUT2D eigenvalue weighted by atomic mass is 10.2. The van der Waals surface area contributed by atoms with Crippen LogP contribution in [0, 0.1) is 5.82 Å². The minimum absolute atomic E-state index is 0.226. The number of rotatable bonds is 4. The van der Waals surface area contributed by atoms with Crippen LogP contribution in [0.4, 0.5) is 10.1 Å². The van der Waals surface area contributed by atoms with Crippen LogP contribution >= 0.6 is 0 Å². The van der Waals surface area contributed by atoms with Crippen molar-refractivity contribution in [3.63, 3.8) is 0 Å². The summed E-state index contributed by atoms with van der Waals surface area (Å²) in [5.41, 5.74) is 1.44. The molecular weight excluding hydrogens is 245 g/mol. The van der Waals surface area contributed by atoms with E-state index in [1.54, 1.807) is 0 Å². The molecule has 2 aromatic rings. The number of carbonyl (C=O) groups excluding carboxylic acids is 1. The number of nitrogens with one attached hydrogen (secondary N) is 1. The van der Waals surface area contributed by atoms with Crippen molar-refractivity contribution >= 4 is 11.6 Å². The molecule has 3 nitrogen and oxygen atoms in total. The van der Waals surface area contributed by atoms with Gasteiger partial charge in [-0.3, -0.25) is 4.79 Å². The highest BCUT2D eigenvalue weighted by Gasteiger charge is 2.07. The number of ether oxygens (including phenoxy) is 1. The highest BCUT2D eigenvalue weighted by Crippen LogP contribution is 2.26. The van der Waals surface area contributed by atoms with Gasteiger partial charge < -0.3 is 10.1 Å². The molecule has 0 saturated heterocycles. The summed E-state index contributed by atoms with van der Waals surface area (Å²) in [5, 5.41) is 2.61. The third-order valence-electron chi connectivity index (χ3n) is 2.49. The van der Waals surface area contributed by atoms with E-state index >= 15 is 0 Å². The predicted molar refractivity (Wildman–Crippen MR) is 71.5 cm³/mol. The van der Waals surface area contributed by atoms with Crippen molar-refractivity contribution < 1.29 is 13.9 Å². The van der Waals surface area contributed by atoms with Gasteiger partial charge in [0.15, 0.2) is 0 Å². The highest BCUT2D eigenvalue weighted by atomic mass is 19.1. The van der Waals surface area contributed by atoms with Crippen LogP contribution in [0.25, 0.3) is 0 Å². The minimum atomic E-state index is -0.405. The molecule has 0 unspecified atom stereocenters. The number of carbonyl (C=O) groups is 1. The van der Waals surface area contributed by atoms with Crippen molar-refractivity contribution in [2.24, 2.45) is 0 Å². The number of hydrogen-bond donors (Lipinski definition) is 1. The average molecular weight is 259 g/mol. The van der Waals surface area contributed by atoms with E-state index in [2.05, 4.69) is 5.32 Å². The fourth-order valence-corrected chi connectivity index (χ4v) is 1.64. The van der Waals surface area contributed by atoms with Crippen LogP contribution in [0.3, 0.4) is 0 Å². The molecule has 0 radical (unpaired) electrons. The molecule has 0 spiro atoms. The van der Waals surface area contributed by atoms with Crippen molar-refractivity contribution in [2.75, 3.05) is 5.32 Å². The lowest BCUT2D eigenvalue weighted by Crippen LogP contribution is -2.08. The summed E-state index contributed by atoms with van der Waals surface area (Å²) in [4.78, 5) is 11.1. The number of anilines is 1. The maximum atomic E-state index is 13.2. The summed E-state index contributed by atoms with van der Waals surface area (Å²) < 4.78 is 18.8. The second-order valence-electron chi connectivity index (χ2n) is 4.10. The Labute approximate surface area is 111 Å². The Morgan fingerprint density at radius 2 is 1.95 bits per heavy atom. The average Bonchev–Trinajstić information content (AvgIpc) is 2.40. The normalized spacial score (nSPS) is 10.0. The number of benzene rings is 2. The number of halogens is 1. The lowest BCUT2D eigenvalue weighted by Gasteiger charge is -2.12. The summed E-state index contributed by atoms with van der Waals surface area (Å²) in [6.07, 6.45) is 0. The van der Waals surface area contributed by atoms with Gasteiger partial charge in [0.1, 0.15) is 18.2 Å². The van der Waals surface area contributed by atoms with Crippen molar-refractivity contribution in [2.45, 2.75) is 13.5 Å². The minimum Gasteiger partial charge on any atom is -0.487 e. The van der Waals surface area contributed by atoms with E-state index in [0.717, 1.165) is 5.56 Å². The van der Waals surface area contributed by atoms with Gasteiger partial charge in [-0.2, -0.15) is 0 Å². The van der Waals surface area contributed by atoms with Gasteiger partial charge in [-0.15, -0.1) is 0 Å². The van der Waals surface area contributed by atoms with Crippen molar-refractivity contribution in [3.05, 3.63) is 59.9 Å². The molecule has 0 aliphatic heterocycles. The second kappa shape index (κ2) is 6.00. The molecule has 0 heterocycles. The van der Waals surface area contributed by atoms with Crippen LogP contribution in [-0.4, -0.2) is 5.91 Å². The van der Waals surface area contributed by atoms with Crippen molar-refractivity contribution in [1.29, 1.82) is 0 Å². The fraction of sp³-hybridized carbons (Fsp3) is 0.133. The third kappa shape index (κ3) is 3.81. The molecule has 0 bridgehead atoms. The Morgan fingerprint density at radius 1 is 1.21 bits per heavy atom. The molecule has 4 heteroatoms. The smallest absolute Gasteiger partial charge is 0.221 e. The second-order valence-corrected chi connectivity index (χ2v) is 4.10. The molecule has 2 aromatic carbocycles. The first-order valence-corrected chi connectivity index (χ1v) is 5.89. The summed E-state index contributed by atoms with van der Waals surface area (Å²) in [7, 11) is 0.